The van der Waals surface area contributed by atoms with Crippen LogP contribution in [-0.4, -0.2) is 68.6 Å². The fourth-order valence-corrected chi connectivity index (χ4v) is 5.61. The number of benzene rings is 1. The third-order valence-corrected chi connectivity index (χ3v) is 7.88. The second-order valence-corrected chi connectivity index (χ2v) is 10.9. The summed E-state index contributed by atoms with van der Waals surface area (Å²) in [4.78, 5) is 47.8. The SMILES string of the molecule is C=CC(=O)N1CCCC(n2cc(Nc3ncc(C(N)=O)c(Nc4c(C)cc(C(=O)NC5CCCC5)cc4OC)n3)cn2)C1. The minimum atomic E-state index is -0.707. The second-order valence-electron chi connectivity index (χ2n) is 10.9. The molecule has 1 unspecified atom stereocenters. The number of anilines is 4. The molecule has 2 fully saturated rings. The lowest BCUT2D eigenvalue weighted by Crippen LogP contribution is -2.39. The Bertz CT molecular complexity index is 1530. The first-order chi connectivity index (χ1) is 20.7. The Morgan fingerprint density at radius 2 is 1.91 bits per heavy atom. The van der Waals surface area contributed by atoms with Crippen molar-refractivity contribution in [2.45, 2.75) is 57.5 Å². The number of amides is 3. The first kappa shape index (κ1) is 29.5. The molecule has 1 aliphatic heterocycles. The van der Waals surface area contributed by atoms with Crippen molar-refractivity contribution in [3.05, 3.63) is 60.1 Å². The number of nitrogens with zero attached hydrogens (tertiary/aromatic N) is 5. The van der Waals surface area contributed by atoms with Gasteiger partial charge in [0.05, 0.1) is 30.7 Å². The molecule has 3 heterocycles. The number of methoxy groups -OCH3 is 1. The first-order valence-electron chi connectivity index (χ1n) is 14.4. The molecule has 3 aromatic rings. The molecular formula is C30H37N9O4. The van der Waals surface area contributed by atoms with E-state index in [0.717, 1.165) is 44.1 Å². The largest absolute Gasteiger partial charge is 0.495 e. The molecule has 2 aliphatic rings. The number of likely N-dealkylation sites (tertiary alicyclic amines) is 1. The number of nitrogens with two attached hydrogens (primary N) is 1. The first-order valence-corrected chi connectivity index (χ1v) is 14.4. The molecule has 3 amide bonds. The van der Waals surface area contributed by atoms with Crippen LogP contribution in [0.2, 0.25) is 0 Å². The van der Waals surface area contributed by atoms with Crippen molar-refractivity contribution in [2.24, 2.45) is 5.73 Å². The number of primary amides is 1. The van der Waals surface area contributed by atoms with E-state index in [2.05, 4.69) is 37.6 Å². The van der Waals surface area contributed by atoms with Gasteiger partial charge in [-0.15, -0.1) is 0 Å². The zero-order chi connectivity index (χ0) is 30.5. The maximum Gasteiger partial charge on any atom is 0.254 e. The number of carbonyl (C=O) groups excluding carboxylic acids is 3. The quantitative estimate of drug-likeness (QED) is 0.259. The highest BCUT2D eigenvalue weighted by atomic mass is 16.5. The fraction of sp³-hybridized carbons (Fsp3) is 0.400. The third-order valence-electron chi connectivity index (χ3n) is 7.88. The molecule has 1 saturated carbocycles. The third kappa shape index (κ3) is 6.76. The van der Waals surface area contributed by atoms with Crippen molar-refractivity contribution in [3.63, 3.8) is 0 Å². The van der Waals surface area contributed by atoms with Crippen molar-refractivity contribution in [1.29, 1.82) is 0 Å². The van der Waals surface area contributed by atoms with Crippen LogP contribution in [0.3, 0.4) is 0 Å². The average Bonchev–Trinajstić information content (AvgIpc) is 3.70. The second kappa shape index (κ2) is 12.9. The number of hydrogen-bond acceptors (Lipinski definition) is 9. The van der Waals surface area contributed by atoms with E-state index in [9.17, 15) is 14.4 Å². The Kier molecular flexibility index (Phi) is 8.88. The van der Waals surface area contributed by atoms with Crippen LogP contribution in [0.5, 0.6) is 5.75 Å². The van der Waals surface area contributed by atoms with Gasteiger partial charge in [-0.1, -0.05) is 19.4 Å². The van der Waals surface area contributed by atoms with Crippen molar-refractivity contribution in [3.8, 4) is 5.75 Å². The Morgan fingerprint density at radius 1 is 1.12 bits per heavy atom. The minimum absolute atomic E-state index is 0.0299. The summed E-state index contributed by atoms with van der Waals surface area (Å²) in [7, 11) is 1.51. The predicted molar refractivity (Wildman–Crippen MR) is 162 cm³/mol. The molecule has 0 spiro atoms. The number of aromatic nitrogens is 4. The highest BCUT2D eigenvalue weighted by Gasteiger charge is 2.25. The monoisotopic (exact) mass is 587 g/mol. The Morgan fingerprint density at radius 3 is 2.63 bits per heavy atom. The van der Waals surface area contributed by atoms with E-state index in [4.69, 9.17) is 10.5 Å². The summed E-state index contributed by atoms with van der Waals surface area (Å²) in [6.07, 6.45) is 12.1. The van der Waals surface area contributed by atoms with Crippen LogP contribution in [-0.2, 0) is 4.79 Å². The number of nitrogens with one attached hydrogen (secondary N) is 3. The summed E-state index contributed by atoms with van der Waals surface area (Å²) >= 11 is 0. The van der Waals surface area contributed by atoms with E-state index in [1.165, 1.54) is 19.4 Å². The molecule has 13 nitrogen and oxygen atoms in total. The van der Waals surface area contributed by atoms with Gasteiger partial charge in [-0.25, -0.2) is 4.98 Å². The molecule has 1 aromatic carbocycles. The van der Waals surface area contributed by atoms with E-state index in [0.29, 0.717) is 35.8 Å². The lowest BCUT2D eigenvalue weighted by atomic mass is 10.1. The van der Waals surface area contributed by atoms with E-state index < -0.39 is 5.91 Å². The summed E-state index contributed by atoms with van der Waals surface area (Å²) in [6.45, 7) is 6.67. The summed E-state index contributed by atoms with van der Waals surface area (Å²) in [6, 6.07) is 3.64. The van der Waals surface area contributed by atoms with Crippen molar-refractivity contribution in [2.75, 3.05) is 30.8 Å². The van der Waals surface area contributed by atoms with Crippen molar-refractivity contribution < 1.29 is 19.1 Å². The van der Waals surface area contributed by atoms with E-state index in [-0.39, 0.29) is 41.2 Å². The van der Waals surface area contributed by atoms with Crippen LogP contribution in [0.4, 0.5) is 23.1 Å². The molecule has 5 N–H and O–H groups in total. The Balaban J connectivity index is 1.35. The van der Waals surface area contributed by atoms with Gasteiger partial charge in [-0.2, -0.15) is 10.1 Å². The average molecular weight is 588 g/mol. The van der Waals surface area contributed by atoms with Crippen LogP contribution in [0, 0.1) is 6.92 Å². The lowest BCUT2D eigenvalue weighted by molar-refractivity contribution is -0.127. The van der Waals surface area contributed by atoms with E-state index >= 15 is 0 Å². The Labute approximate surface area is 249 Å². The maximum absolute atomic E-state index is 12.9. The van der Waals surface area contributed by atoms with Gasteiger partial charge in [0.2, 0.25) is 11.9 Å². The van der Waals surface area contributed by atoms with Crippen molar-refractivity contribution in [1.82, 2.24) is 30.0 Å². The summed E-state index contributed by atoms with van der Waals surface area (Å²) < 4.78 is 7.44. The molecular weight excluding hydrogens is 550 g/mol. The van der Waals surface area contributed by atoms with Crippen LogP contribution in [0.15, 0.2) is 43.4 Å². The van der Waals surface area contributed by atoms with E-state index in [1.54, 1.807) is 23.2 Å². The lowest BCUT2D eigenvalue weighted by Gasteiger charge is -2.32. The van der Waals surface area contributed by atoms with Gasteiger partial charge >= 0.3 is 0 Å². The maximum atomic E-state index is 12.9. The molecule has 2 aromatic heterocycles. The molecule has 1 saturated heterocycles. The molecule has 1 atom stereocenters. The van der Waals surface area contributed by atoms with E-state index in [1.807, 2.05) is 17.8 Å². The molecule has 13 heteroatoms. The smallest absolute Gasteiger partial charge is 0.254 e. The van der Waals surface area contributed by atoms with Gasteiger partial charge < -0.3 is 31.3 Å². The highest BCUT2D eigenvalue weighted by Crippen LogP contribution is 2.34. The molecule has 5 rings (SSSR count). The molecule has 43 heavy (non-hydrogen) atoms. The zero-order valence-electron chi connectivity index (χ0n) is 24.4. The number of ether oxygens (including phenoxy) is 1. The highest BCUT2D eigenvalue weighted by molar-refractivity contribution is 5.99. The van der Waals surface area contributed by atoms with Crippen molar-refractivity contribution >= 4 is 40.9 Å². The molecule has 0 radical (unpaired) electrons. The predicted octanol–water partition coefficient (Wildman–Crippen LogP) is 3.60. The zero-order valence-corrected chi connectivity index (χ0v) is 24.4. The fourth-order valence-electron chi connectivity index (χ4n) is 5.61. The molecule has 1 aliphatic carbocycles. The Hall–Kier alpha value is -4.94. The van der Waals surface area contributed by atoms with Gasteiger partial charge in [0.1, 0.15) is 17.1 Å². The number of aryl methyl sites for hydroxylation is 1. The van der Waals surface area contributed by atoms with Gasteiger partial charge in [-0.05, 0) is 56.4 Å². The standard InChI is InChI=1S/C30H37N9O4/c1-4-25(40)38-11-7-10-22(17-38)39-16-21(14-33-39)35-30-32-15-23(27(31)41)28(37-30)36-26-18(2)12-19(13-24(26)43-3)29(42)34-20-8-5-6-9-20/h4,12-16,20,22H,1,5-11,17H2,2-3H3,(H2,31,41)(H,34,42)(H2,32,35,36,37). The van der Waals surface area contributed by atoms with Gasteiger partial charge in [0.15, 0.2) is 0 Å². The summed E-state index contributed by atoms with van der Waals surface area (Å²) in [5.41, 5.74) is 8.10. The molecule has 226 valence electrons. The minimum Gasteiger partial charge on any atom is -0.495 e. The van der Waals surface area contributed by atoms with Gasteiger partial charge in [0, 0.05) is 37.1 Å². The summed E-state index contributed by atoms with van der Waals surface area (Å²) in [5, 5.41) is 13.9. The normalized spacial score (nSPS) is 16.9. The summed E-state index contributed by atoms with van der Waals surface area (Å²) in [5.74, 6) is -0.150. The number of hydrogen-bond donors (Lipinski definition) is 4. The topological polar surface area (TPSA) is 169 Å². The van der Waals surface area contributed by atoms with Crippen LogP contribution in [0.1, 0.15) is 70.8 Å². The molecule has 0 bridgehead atoms. The van der Waals surface area contributed by atoms with Crippen LogP contribution >= 0.6 is 0 Å². The van der Waals surface area contributed by atoms with Crippen LogP contribution in [0.25, 0.3) is 0 Å². The van der Waals surface area contributed by atoms with Gasteiger partial charge in [0.25, 0.3) is 11.8 Å². The number of piperidine rings is 1. The number of carbonyl (C=O) groups is 3. The van der Waals surface area contributed by atoms with Gasteiger partial charge in [-0.3, -0.25) is 19.1 Å². The number of rotatable bonds is 10. The van der Waals surface area contributed by atoms with Crippen LogP contribution < -0.4 is 26.4 Å².